The fourth-order valence-electron chi connectivity index (χ4n) is 1.88. The van der Waals surface area contributed by atoms with Crippen molar-refractivity contribution in [2.24, 2.45) is 5.73 Å². The number of methoxy groups -OCH3 is 2. The molecule has 0 spiro atoms. The number of nitrogens with zero attached hydrogens (tertiary/aromatic N) is 1. The van der Waals surface area contributed by atoms with Gasteiger partial charge in [-0.25, -0.2) is 4.98 Å². The van der Waals surface area contributed by atoms with Crippen LogP contribution in [0.5, 0.6) is 11.5 Å². The van der Waals surface area contributed by atoms with Gasteiger partial charge in [-0.2, -0.15) is 0 Å². The molecule has 1 aromatic carbocycles. The predicted octanol–water partition coefficient (Wildman–Crippen LogP) is 2.59. The minimum absolute atomic E-state index is 0.460. The highest BCUT2D eigenvalue weighted by molar-refractivity contribution is 7.15. The van der Waals surface area contributed by atoms with Gasteiger partial charge in [-0.3, -0.25) is 0 Å². The Balaban J connectivity index is 2.53. The third-order valence-electron chi connectivity index (χ3n) is 2.77. The maximum atomic E-state index is 5.58. The monoisotopic (exact) mass is 264 g/mol. The lowest BCUT2D eigenvalue weighted by molar-refractivity contribution is 0.390. The number of thiazole rings is 1. The summed E-state index contributed by atoms with van der Waals surface area (Å²) < 4.78 is 10.8. The van der Waals surface area contributed by atoms with Crippen LogP contribution in [0.2, 0.25) is 0 Å². The third kappa shape index (κ3) is 2.19. The quantitative estimate of drug-likeness (QED) is 0.922. The summed E-state index contributed by atoms with van der Waals surface area (Å²) in [7, 11) is 3.32. The van der Waals surface area contributed by atoms with Crippen molar-refractivity contribution in [1.29, 1.82) is 0 Å². The SMILES string of the molecule is COc1ccc(-c2cnc(CN)s2)c(OC)c1C. The van der Waals surface area contributed by atoms with Gasteiger partial charge in [-0.15, -0.1) is 11.3 Å². The second-order valence-electron chi connectivity index (χ2n) is 3.80. The molecule has 1 aromatic heterocycles. The zero-order chi connectivity index (χ0) is 13.1. The molecule has 96 valence electrons. The fourth-order valence-corrected chi connectivity index (χ4v) is 2.70. The number of benzene rings is 1. The lowest BCUT2D eigenvalue weighted by Crippen LogP contribution is -1.94. The van der Waals surface area contributed by atoms with Gasteiger partial charge >= 0.3 is 0 Å². The fraction of sp³-hybridized carbons (Fsp3) is 0.308. The average molecular weight is 264 g/mol. The van der Waals surface area contributed by atoms with Crippen molar-refractivity contribution in [2.75, 3.05) is 14.2 Å². The maximum absolute atomic E-state index is 5.58. The van der Waals surface area contributed by atoms with E-state index < -0.39 is 0 Å². The molecular weight excluding hydrogens is 248 g/mol. The van der Waals surface area contributed by atoms with E-state index in [0.29, 0.717) is 6.54 Å². The van der Waals surface area contributed by atoms with Crippen LogP contribution in [0.15, 0.2) is 18.3 Å². The largest absolute Gasteiger partial charge is 0.496 e. The zero-order valence-corrected chi connectivity index (χ0v) is 11.5. The van der Waals surface area contributed by atoms with Crippen LogP contribution in [0.25, 0.3) is 10.4 Å². The van der Waals surface area contributed by atoms with Crippen molar-refractivity contribution in [3.05, 3.63) is 28.9 Å². The summed E-state index contributed by atoms with van der Waals surface area (Å²) >= 11 is 1.58. The molecule has 0 aliphatic rings. The van der Waals surface area contributed by atoms with Crippen molar-refractivity contribution < 1.29 is 9.47 Å². The first kappa shape index (κ1) is 12.9. The second kappa shape index (κ2) is 5.37. The molecule has 0 unspecified atom stereocenters. The van der Waals surface area contributed by atoms with Gasteiger partial charge in [-0.05, 0) is 19.1 Å². The smallest absolute Gasteiger partial charge is 0.134 e. The molecule has 0 radical (unpaired) electrons. The van der Waals surface area contributed by atoms with Crippen LogP contribution in [0.1, 0.15) is 10.6 Å². The van der Waals surface area contributed by atoms with Gasteiger partial charge in [0.25, 0.3) is 0 Å². The van der Waals surface area contributed by atoms with Gasteiger partial charge in [0.15, 0.2) is 0 Å². The van der Waals surface area contributed by atoms with Crippen LogP contribution < -0.4 is 15.2 Å². The van der Waals surface area contributed by atoms with Gasteiger partial charge in [0, 0.05) is 23.9 Å². The van der Waals surface area contributed by atoms with Crippen LogP contribution in [0.4, 0.5) is 0 Å². The zero-order valence-electron chi connectivity index (χ0n) is 10.7. The van der Waals surface area contributed by atoms with Crippen LogP contribution >= 0.6 is 11.3 Å². The molecule has 0 atom stereocenters. The lowest BCUT2D eigenvalue weighted by Gasteiger charge is -2.13. The van der Waals surface area contributed by atoms with Crippen LogP contribution in [0, 0.1) is 6.92 Å². The predicted molar refractivity (Wildman–Crippen MR) is 73.3 cm³/mol. The van der Waals surface area contributed by atoms with E-state index in [0.717, 1.165) is 32.5 Å². The van der Waals surface area contributed by atoms with Gasteiger partial charge in [0.05, 0.1) is 19.1 Å². The Morgan fingerprint density at radius 1 is 1.28 bits per heavy atom. The molecule has 0 saturated carbocycles. The van der Waals surface area contributed by atoms with Gasteiger partial charge < -0.3 is 15.2 Å². The molecule has 0 aliphatic heterocycles. The summed E-state index contributed by atoms with van der Waals surface area (Å²) in [4.78, 5) is 5.32. The summed E-state index contributed by atoms with van der Waals surface area (Å²) in [5.41, 5.74) is 7.59. The Morgan fingerprint density at radius 3 is 2.61 bits per heavy atom. The van der Waals surface area contributed by atoms with Crippen LogP contribution in [-0.4, -0.2) is 19.2 Å². The molecule has 0 fully saturated rings. The van der Waals surface area contributed by atoms with E-state index >= 15 is 0 Å². The highest BCUT2D eigenvalue weighted by Gasteiger charge is 2.14. The van der Waals surface area contributed by atoms with Gasteiger partial charge in [-0.1, -0.05) is 0 Å². The molecule has 4 nitrogen and oxygen atoms in total. The van der Waals surface area contributed by atoms with Crippen molar-refractivity contribution in [1.82, 2.24) is 4.98 Å². The first-order valence-corrected chi connectivity index (χ1v) is 6.39. The molecule has 0 aliphatic carbocycles. The van der Waals surface area contributed by atoms with Crippen molar-refractivity contribution in [3.8, 4) is 21.9 Å². The Bertz CT molecular complexity index is 552. The number of hydrogen-bond donors (Lipinski definition) is 1. The molecule has 18 heavy (non-hydrogen) atoms. The Kier molecular flexibility index (Phi) is 3.84. The Labute approximate surface area is 110 Å². The van der Waals surface area contributed by atoms with E-state index in [1.165, 1.54) is 0 Å². The average Bonchev–Trinajstić information content (AvgIpc) is 2.87. The van der Waals surface area contributed by atoms with Crippen molar-refractivity contribution in [3.63, 3.8) is 0 Å². The summed E-state index contributed by atoms with van der Waals surface area (Å²) in [6, 6.07) is 3.92. The van der Waals surface area contributed by atoms with E-state index in [-0.39, 0.29) is 0 Å². The standard InChI is InChI=1S/C13H16N2O2S/c1-8-10(16-2)5-4-9(13(8)17-3)11-7-15-12(6-14)18-11/h4-5,7H,6,14H2,1-3H3. The van der Waals surface area contributed by atoms with E-state index in [1.54, 1.807) is 25.6 Å². The molecule has 1 heterocycles. The van der Waals surface area contributed by atoms with Crippen LogP contribution in [0.3, 0.4) is 0 Å². The van der Waals surface area contributed by atoms with Crippen molar-refractivity contribution >= 4 is 11.3 Å². The molecular formula is C13H16N2O2S. The normalized spacial score (nSPS) is 10.4. The van der Waals surface area contributed by atoms with E-state index in [9.17, 15) is 0 Å². The summed E-state index contributed by atoms with van der Waals surface area (Å²) in [5, 5.41) is 0.917. The Morgan fingerprint density at radius 2 is 2.06 bits per heavy atom. The van der Waals surface area contributed by atoms with Gasteiger partial charge in [0.2, 0.25) is 0 Å². The number of aromatic nitrogens is 1. The third-order valence-corrected chi connectivity index (χ3v) is 3.83. The highest BCUT2D eigenvalue weighted by Crippen LogP contribution is 2.39. The molecule has 0 amide bonds. The second-order valence-corrected chi connectivity index (χ2v) is 4.91. The lowest BCUT2D eigenvalue weighted by atomic mass is 10.1. The van der Waals surface area contributed by atoms with Crippen molar-refractivity contribution in [2.45, 2.75) is 13.5 Å². The van der Waals surface area contributed by atoms with Crippen LogP contribution in [-0.2, 0) is 6.54 Å². The number of nitrogens with two attached hydrogens (primary N) is 1. The highest BCUT2D eigenvalue weighted by atomic mass is 32.1. The van der Waals surface area contributed by atoms with E-state index in [4.69, 9.17) is 15.2 Å². The topological polar surface area (TPSA) is 57.4 Å². The summed E-state index contributed by atoms with van der Waals surface area (Å²) in [5.74, 6) is 1.64. The summed E-state index contributed by atoms with van der Waals surface area (Å²) in [6.07, 6.45) is 1.83. The summed E-state index contributed by atoms with van der Waals surface area (Å²) in [6.45, 7) is 2.44. The first-order valence-electron chi connectivity index (χ1n) is 5.58. The van der Waals surface area contributed by atoms with E-state index in [2.05, 4.69) is 4.98 Å². The van der Waals surface area contributed by atoms with E-state index in [1.807, 2.05) is 25.3 Å². The molecule has 0 saturated heterocycles. The number of ether oxygens (including phenoxy) is 2. The first-order chi connectivity index (χ1) is 8.71. The maximum Gasteiger partial charge on any atom is 0.134 e. The number of hydrogen-bond acceptors (Lipinski definition) is 5. The molecule has 2 rings (SSSR count). The molecule has 2 aromatic rings. The molecule has 2 N–H and O–H groups in total. The number of rotatable bonds is 4. The Hall–Kier alpha value is -1.59. The molecule has 0 bridgehead atoms. The minimum Gasteiger partial charge on any atom is -0.496 e. The minimum atomic E-state index is 0.460. The molecule has 5 heteroatoms. The van der Waals surface area contributed by atoms with Gasteiger partial charge in [0.1, 0.15) is 16.5 Å².